The zero-order valence-corrected chi connectivity index (χ0v) is 17.9. The third kappa shape index (κ3) is 3.58. The van der Waals surface area contributed by atoms with Crippen LogP contribution in [0.4, 0.5) is 0 Å². The van der Waals surface area contributed by atoms with E-state index < -0.39 is 11.8 Å². The van der Waals surface area contributed by atoms with Gasteiger partial charge in [0.25, 0.3) is 22.9 Å². The Morgan fingerprint density at radius 2 is 1.69 bits per heavy atom. The molecular weight excluding hydrogens is 432 g/mol. The van der Waals surface area contributed by atoms with Gasteiger partial charge in [0, 0.05) is 24.5 Å². The highest BCUT2D eigenvalue weighted by atomic mass is 32.1. The molecule has 0 aliphatic heterocycles. The fraction of sp³-hybridized carbons (Fsp3) is 0.143. The van der Waals surface area contributed by atoms with Crippen molar-refractivity contribution in [2.45, 2.75) is 13.5 Å². The average Bonchev–Trinajstić information content (AvgIpc) is 2.79. The maximum atomic E-state index is 12.7. The number of benzene rings is 2. The molecule has 3 N–H and O–H groups in total. The van der Waals surface area contributed by atoms with E-state index in [1.807, 2.05) is 6.92 Å². The van der Waals surface area contributed by atoms with Crippen LogP contribution in [0.3, 0.4) is 0 Å². The van der Waals surface area contributed by atoms with E-state index in [0.29, 0.717) is 28.2 Å². The summed E-state index contributed by atoms with van der Waals surface area (Å²) in [4.78, 5) is 52.9. The Morgan fingerprint density at radius 1 is 1.00 bits per heavy atom. The Bertz CT molecular complexity index is 1580. The van der Waals surface area contributed by atoms with E-state index in [-0.39, 0.29) is 27.1 Å². The van der Waals surface area contributed by atoms with Crippen LogP contribution in [0.25, 0.3) is 21.7 Å². The van der Waals surface area contributed by atoms with Crippen LogP contribution in [0.1, 0.15) is 27.8 Å². The van der Waals surface area contributed by atoms with Gasteiger partial charge >= 0.3 is 0 Å². The molecule has 0 radical (unpaired) electrons. The summed E-state index contributed by atoms with van der Waals surface area (Å²) in [5.74, 6) is -1.29. The number of fused-ring (bicyclic) bond motifs is 2. The van der Waals surface area contributed by atoms with Crippen molar-refractivity contribution < 1.29 is 9.59 Å². The van der Waals surface area contributed by atoms with Crippen molar-refractivity contribution in [1.82, 2.24) is 30.2 Å². The molecule has 0 aliphatic rings. The third-order valence-electron chi connectivity index (χ3n) is 5.02. The number of nitrogens with one attached hydrogen (secondary N) is 3. The number of nitrogens with zero attached hydrogens (tertiary/aromatic N) is 3. The van der Waals surface area contributed by atoms with Crippen LogP contribution in [-0.2, 0) is 13.6 Å². The Morgan fingerprint density at radius 3 is 2.41 bits per heavy atom. The minimum atomic E-state index is -0.684. The number of H-pyrrole nitrogens is 1. The molecule has 0 atom stereocenters. The highest BCUT2D eigenvalue weighted by Crippen LogP contribution is 2.13. The summed E-state index contributed by atoms with van der Waals surface area (Å²) in [5.41, 5.74) is 4.66. The van der Waals surface area contributed by atoms with Gasteiger partial charge in [-0.05, 0) is 43.4 Å². The molecule has 2 heterocycles. The first-order valence-electron chi connectivity index (χ1n) is 9.65. The van der Waals surface area contributed by atoms with Gasteiger partial charge in [0.15, 0.2) is 10.5 Å². The largest absolute Gasteiger partial charge is 0.332 e. The number of aromatic amines is 1. The quantitative estimate of drug-likeness (QED) is 0.319. The first-order chi connectivity index (χ1) is 15.3. The Labute approximate surface area is 185 Å². The maximum Gasteiger partial charge on any atom is 0.290 e. The van der Waals surface area contributed by atoms with Crippen molar-refractivity contribution in [1.29, 1.82) is 0 Å². The van der Waals surface area contributed by atoms with Gasteiger partial charge < -0.3 is 4.98 Å². The Kier molecular flexibility index (Phi) is 5.41. The molecular formula is C21H18N6O4S. The molecule has 32 heavy (non-hydrogen) atoms. The minimum Gasteiger partial charge on any atom is -0.332 e. The highest BCUT2D eigenvalue weighted by Gasteiger charge is 2.17. The van der Waals surface area contributed by atoms with Gasteiger partial charge in [-0.15, -0.1) is 0 Å². The fourth-order valence-electron chi connectivity index (χ4n) is 3.40. The molecule has 162 valence electrons. The van der Waals surface area contributed by atoms with Crippen LogP contribution >= 0.6 is 12.2 Å². The Hall–Kier alpha value is -4.12. The number of hydrazine groups is 1. The van der Waals surface area contributed by atoms with Crippen molar-refractivity contribution in [3.63, 3.8) is 0 Å². The summed E-state index contributed by atoms with van der Waals surface area (Å²) < 4.78 is 2.74. The summed E-state index contributed by atoms with van der Waals surface area (Å²) in [7, 11) is 1.44. The van der Waals surface area contributed by atoms with E-state index >= 15 is 0 Å². The lowest BCUT2D eigenvalue weighted by molar-refractivity contribution is 0.0844. The highest BCUT2D eigenvalue weighted by molar-refractivity contribution is 7.71. The lowest BCUT2D eigenvalue weighted by Crippen LogP contribution is -2.42. The van der Waals surface area contributed by atoms with Crippen LogP contribution < -0.4 is 22.0 Å². The second-order valence-corrected chi connectivity index (χ2v) is 7.36. The van der Waals surface area contributed by atoms with Crippen molar-refractivity contribution in [2.24, 2.45) is 7.05 Å². The molecule has 2 amide bonds. The molecule has 0 aliphatic carbocycles. The van der Waals surface area contributed by atoms with E-state index in [0.717, 1.165) is 4.68 Å². The van der Waals surface area contributed by atoms with Crippen molar-refractivity contribution in [3.8, 4) is 0 Å². The number of rotatable bonds is 3. The second-order valence-electron chi connectivity index (χ2n) is 6.97. The normalized spacial score (nSPS) is 10.9. The predicted octanol–water partition coefficient (Wildman–Crippen LogP) is 1.40. The van der Waals surface area contributed by atoms with E-state index in [9.17, 15) is 19.2 Å². The van der Waals surface area contributed by atoms with Gasteiger partial charge in [0.2, 0.25) is 0 Å². The third-order valence-corrected chi connectivity index (χ3v) is 5.34. The lowest BCUT2D eigenvalue weighted by Gasteiger charge is -2.10. The molecule has 11 heteroatoms. The number of amides is 2. The fourth-order valence-corrected chi connectivity index (χ4v) is 3.72. The van der Waals surface area contributed by atoms with E-state index in [1.54, 1.807) is 24.3 Å². The zero-order chi connectivity index (χ0) is 23.0. The molecule has 2 aromatic heterocycles. The van der Waals surface area contributed by atoms with Gasteiger partial charge in [0.1, 0.15) is 0 Å². The first-order valence-corrected chi connectivity index (χ1v) is 10.1. The monoisotopic (exact) mass is 450 g/mol. The Balaban J connectivity index is 1.60. The second kappa shape index (κ2) is 8.19. The van der Waals surface area contributed by atoms with Crippen LogP contribution in [-0.4, -0.2) is 31.1 Å². The molecule has 0 bridgehead atoms. The van der Waals surface area contributed by atoms with Crippen LogP contribution in [0, 0.1) is 4.77 Å². The SMILES string of the molecule is CCn1c(=S)[nH]c2cc(C(=O)NNC(=O)c3nn(C)c(=O)c4ccccc34)ccc2c1=O. The standard InChI is InChI=1S/C21H18N6O4S/c1-3-27-20(31)14-9-8-11(10-15(14)22-21(27)32)17(28)23-24-18(29)16-12-6-4-5-7-13(12)19(30)26(2)25-16/h4-10H,3H2,1-2H3,(H,22,32)(H,23,28)(H,24,29). The molecule has 0 fully saturated rings. The molecule has 0 saturated carbocycles. The molecule has 2 aromatic carbocycles. The topological polar surface area (TPSA) is 131 Å². The van der Waals surface area contributed by atoms with Gasteiger partial charge in [-0.3, -0.25) is 34.6 Å². The zero-order valence-electron chi connectivity index (χ0n) is 17.1. The smallest absolute Gasteiger partial charge is 0.290 e. The van der Waals surface area contributed by atoms with Crippen molar-refractivity contribution in [2.75, 3.05) is 0 Å². The number of hydrogen-bond donors (Lipinski definition) is 3. The summed E-state index contributed by atoms with van der Waals surface area (Å²) in [6, 6.07) is 11.1. The molecule has 4 aromatic rings. The summed E-state index contributed by atoms with van der Waals surface area (Å²) in [6.07, 6.45) is 0. The number of aryl methyl sites for hydroxylation is 1. The van der Waals surface area contributed by atoms with E-state index in [1.165, 1.54) is 29.8 Å². The number of carbonyl (C=O) groups excluding carboxylic acids is 2. The van der Waals surface area contributed by atoms with Crippen LogP contribution in [0.15, 0.2) is 52.1 Å². The molecule has 0 spiro atoms. The van der Waals surface area contributed by atoms with Gasteiger partial charge in [-0.2, -0.15) is 5.10 Å². The van der Waals surface area contributed by atoms with Crippen molar-refractivity contribution in [3.05, 3.63) is 79.2 Å². The van der Waals surface area contributed by atoms with E-state index in [4.69, 9.17) is 12.2 Å². The molecule has 10 nitrogen and oxygen atoms in total. The lowest BCUT2D eigenvalue weighted by atomic mass is 10.1. The van der Waals surface area contributed by atoms with Crippen LogP contribution in [0.5, 0.6) is 0 Å². The van der Waals surface area contributed by atoms with E-state index in [2.05, 4.69) is 20.9 Å². The van der Waals surface area contributed by atoms with Gasteiger partial charge in [-0.1, -0.05) is 18.2 Å². The predicted molar refractivity (Wildman–Crippen MR) is 121 cm³/mol. The summed E-state index contributed by atoms with van der Waals surface area (Å²) in [5, 5.41) is 5.11. The average molecular weight is 450 g/mol. The molecule has 0 unspecified atom stereocenters. The molecule has 0 saturated heterocycles. The number of hydrogen-bond acceptors (Lipinski definition) is 6. The van der Waals surface area contributed by atoms with Gasteiger partial charge in [0.05, 0.1) is 16.3 Å². The van der Waals surface area contributed by atoms with Crippen LogP contribution in [0.2, 0.25) is 0 Å². The maximum absolute atomic E-state index is 12.7. The first kappa shape index (κ1) is 21.1. The summed E-state index contributed by atoms with van der Waals surface area (Å²) >= 11 is 5.19. The number of carbonyl (C=O) groups is 2. The number of aromatic nitrogens is 4. The van der Waals surface area contributed by atoms with Crippen molar-refractivity contribution >= 4 is 45.7 Å². The van der Waals surface area contributed by atoms with Gasteiger partial charge in [-0.25, -0.2) is 4.68 Å². The minimum absolute atomic E-state index is 0.00860. The summed E-state index contributed by atoms with van der Waals surface area (Å²) in [6.45, 7) is 2.23. The molecule has 4 rings (SSSR count).